The number of aromatic amines is 1. The molecule has 0 spiro atoms. The molecule has 158 valence electrons. The molecule has 0 unspecified atom stereocenters. The van der Waals surface area contributed by atoms with Crippen LogP contribution in [0.3, 0.4) is 0 Å². The van der Waals surface area contributed by atoms with E-state index in [-0.39, 0.29) is 0 Å². The van der Waals surface area contributed by atoms with E-state index in [1.807, 2.05) is 4.98 Å². The second-order valence-electron chi connectivity index (χ2n) is 6.59. The Kier molecular flexibility index (Phi) is 6.28. The van der Waals surface area contributed by atoms with E-state index in [0.29, 0.717) is 0 Å². The number of nitrogens with zero attached hydrogens (tertiary/aromatic N) is 1. The van der Waals surface area contributed by atoms with Crippen molar-refractivity contribution in [3.63, 3.8) is 0 Å². The van der Waals surface area contributed by atoms with Crippen molar-refractivity contribution in [2.45, 2.75) is 55.2 Å². The average molecular weight is 406 g/mol. The van der Waals surface area contributed by atoms with Crippen molar-refractivity contribution in [2.75, 3.05) is 13.2 Å². The molecule has 0 aliphatic carbocycles. The molecular weight excluding hydrogens is 384 g/mol. The van der Waals surface area contributed by atoms with E-state index in [4.69, 9.17) is 19.3 Å². The highest BCUT2D eigenvalue weighted by molar-refractivity contribution is 4.94. The SMILES string of the molecule is O=c1ccn([C@@H]2O[C@H](CO[C@@H]3O[C@H](CO)[C@H](O)[C@H](O)[C@H]3O)[C@@H](O)[C@H]2O)c(=O)[nH]1. The molecule has 1 aromatic rings. The topological polar surface area (TPSA) is 204 Å². The quantitative estimate of drug-likeness (QED) is 0.246. The maximum Gasteiger partial charge on any atom is 0.330 e. The summed E-state index contributed by atoms with van der Waals surface area (Å²) in [5.74, 6) is 0. The number of rotatable bonds is 5. The van der Waals surface area contributed by atoms with Gasteiger partial charge in [-0.3, -0.25) is 14.3 Å². The van der Waals surface area contributed by atoms with Gasteiger partial charge in [0.05, 0.1) is 13.2 Å². The predicted octanol–water partition coefficient (Wildman–Crippen LogP) is -5.03. The summed E-state index contributed by atoms with van der Waals surface area (Å²) >= 11 is 0. The molecule has 2 aliphatic rings. The van der Waals surface area contributed by atoms with Crippen LogP contribution in [0, 0.1) is 0 Å². The van der Waals surface area contributed by atoms with Crippen molar-refractivity contribution >= 4 is 0 Å². The van der Waals surface area contributed by atoms with Gasteiger partial charge in [0, 0.05) is 12.3 Å². The monoisotopic (exact) mass is 406 g/mol. The smallest absolute Gasteiger partial charge is 0.330 e. The van der Waals surface area contributed by atoms with E-state index >= 15 is 0 Å². The summed E-state index contributed by atoms with van der Waals surface area (Å²) in [5.41, 5.74) is -1.49. The molecule has 0 aromatic carbocycles. The number of aromatic nitrogens is 2. The van der Waals surface area contributed by atoms with Crippen LogP contribution in [0.5, 0.6) is 0 Å². The van der Waals surface area contributed by atoms with Crippen LogP contribution in [-0.2, 0) is 14.2 Å². The molecule has 2 saturated heterocycles. The predicted molar refractivity (Wildman–Crippen MR) is 87.0 cm³/mol. The average Bonchev–Trinajstić information content (AvgIpc) is 2.94. The molecule has 3 heterocycles. The Balaban J connectivity index is 1.66. The third-order valence-electron chi connectivity index (χ3n) is 4.74. The molecule has 13 heteroatoms. The van der Waals surface area contributed by atoms with Crippen LogP contribution in [0.15, 0.2) is 21.9 Å². The Hall–Kier alpha value is -1.68. The van der Waals surface area contributed by atoms with Crippen molar-refractivity contribution in [2.24, 2.45) is 0 Å². The number of nitrogens with one attached hydrogen (secondary N) is 1. The van der Waals surface area contributed by atoms with Gasteiger partial charge in [0.2, 0.25) is 0 Å². The maximum atomic E-state index is 11.8. The molecule has 28 heavy (non-hydrogen) atoms. The lowest BCUT2D eigenvalue weighted by molar-refractivity contribution is -0.306. The summed E-state index contributed by atoms with van der Waals surface area (Å²) in [5, 5.41) is 58.9. The minimum atomic E-state index is -1.64. The zero-order valence-corrected chi connectivity index (χ0v) is 14.4. The second kappa shape index (κ2) is 8.36. The largest absolute Gasteiger partial charge is 0.394 e. The van der Waals surface area contributed by atoms with Gasteiger partial charge in [-0.25, -0.2) is 4.79 Å². The number of aliphatic hydroxyl groups excluding tert-OH is 6. The van der Waals surface area contributed by atoms with E-state index in [1.165, 1.54) is 0 Å². The van der Waals surface area contributed by atoms with Crippen LogP contribution in [0.2, 0.25) is 0 Å². The van der Waals surface area contributed by atoms with E-state index in [0.717, 1.165) is 16.8 Å². The summed E-state index contributed by atoms with van der Waals surface area (Å²) in [7, 11) is 0. The van der Waals surface area contributed by atoms with Crippen molar-refractivity contribution in [3.05, 3.63) is 33.1 Å². The third kappa shape index (κ3) is 3.89. The van der Waals surface area contributed by atoms with Gasteiger partial charge in [-0.1, -0.05) is 0 Å². The fraction of sp³-hybridized carbons (Fsp3) is 0.733. The first-order valence-corrected chi connectivity index (χ1v) is 8.49. The molecule has 2 fully saturated rings. The van der Waals surface area contributed by atoms with Crippen LogP contribution in [0.1, 0.15) is 6.23 Å². The molecule has 9 atom stereocenters. The molecule has 0 radical (unpaired) electrons. The third-order valence-corrected chi connectivity index (χ3v) is 4.74. The van der Waals surface area contributed by atoms with Crippen molar-refractivity contribution in [3.8, 4) is 0 Å². The van der Waals surface area contributed by atoms with Crippen LogP contribution in [-0.4, -0.2) is 102 Å². The van der Waals surface area contributed by atoms with Gasteiger partial charge in [-0.15, -0.1) is 0 Å². The number of ether oxygens (including phenoxy) is 3. The van der Waals surface area contributed by atoms with Gasteiger partial charge in [0.1, 0.15) is 42.7 Å². The van der Waals surface area contributed by atoms with E-state index in [9.17, 15) is 35.1 Å². The summed E-state index contributed by atoms with van der Waals surface area (Å²) in [6.45, 7) is -1.06. The molecule has 0 saturated carbocycles. The lowest BCUT2D eigenvalue weighted by Crippen LogP contribution is -2.59. The highest BCUT2D eigenvalue weighted by Gasteiger charge is 2.47. The lowest BCUT2D eigenvalue weighted by atomic mass is 9.99. The van der Waals surface area contributed by atoms with Gasteiger partial charge in [0.15, 0.2) is 12.5 Å². The molecule has 13 nitrogen and oxygen atoms in total. The Bertz CT molecular complexity index is 780. The zero-order chi connectivity index (χ0) is 20.6. The first kappa shape index (κ1) is 21.0. The molecule has 1 aromatic heterocycles. The van der Waals surface area contributed by atoms with Crippen LogP contribution in [0.25, 0.3) is 0 Å². The summed E-state index contributed by atoms with van der Waals surface area (Å²) in [6, 6.07) is 1.04. The summed E-state index contributed by atoms with van der Waals surface area (Å²) < 4.78 is 16.8. The van der Waals surface area contributed by atoms with Gasteiger partial charge in [-0.05, 0) is 0 Å². The molecule has 7 N–H and O–H groups in total. The van der Waals surface area contributed by atoms with Gasteiger partial charge in [-0.2, -0.15) is 0 Å². The normalized spacial score (nSPS) is 41.3. The number of aliphatic hydroxyl groups is 6. The number of hydrogen-bond donors (Lipinski definition) is 7. The molecule has 3 rings (SSSR count). The van der Waals surface area contributed by atoms with Crippen molar-refractivity contribution < 1.29 is 44.8 Å². The van der Waals surface area contributed by atoms with E-state index in [2.05, 4.69) is 0 Å². The number of hydrogen-bond acceptors (Lipinski definition) is 11. The minimum Gasteiger partial charge on any atom is -0.394 e. The minimum absolute atomic E-state index is 0.421. The first-order valence-electron chi connectivity index (χ1n) is 8.49. The molecule has 0 amide bonds. The molecular formula is C15H22N2O11. The number of H-pyrrole nitrogens is 1. The maximum absolute atomic E-state index is 11.8. The fourth-order valence-electron chi connectivity index (χ4n) is 3.12. The Morgan fingerprint density at radius 1 is 0.964 bits per heavy atom. The van der Waals surface area contributed by atoms with Gasteiger partial charge < -0.3 is 44.8 Å². The summed E-state index contributed by atoms with van der Waals surface area (Å²) in [4.78, 5) is 25.0. The molecule has 0 bridgehead atoms. The van der Waals surface area contributed by atoms with E-state index in [1.54, 1.807) is 0 Å². The Labute approximate surface area is 157 Å². The highest BCUT2D eigenvalue weighted by Crippen LogP contribution is 2.29. The fourth-order valence-corrected chi connectivity index (χ4v) is 3.12. The molecule has 2 aliphatic heterocycles. The van der Waals surface area contributed by atoms with Crippen LogP contribution in [0.4, 0.5) is 0 Å². The van der Waals surface area contributed by atoms with E-state index < -0.39 is 79.7 Å². The van der Waals surface area contributed by atoms with Crippen molar-refractivity contribution in [1.82, 2.24) is 9.55 Å². The van der Waals surface area contributed by atoms with Crippen LogP contribution >= 0.6 is 0 Å². The van der Waals surface area contributed by atoms with Gasteiger partial charge in [0.25, 0.3) is 5.56 Å². The first-order chi connectivity index (χ1) is 13.2. The lowest BCUT2D eigenvalue weighted by Gasteiger charge is -2.39. The van der Waals surface area contributed by atoms with Gasteiger partial charge >= 0.3 is 5.69 Å². The summed E-state index contributed by atoms with van der Waals surface area (Å²) in [6.07, 6.45) is -11.8. The Morgan fingerprint density at radius 3 is 2.29 bits per heavy atom. The second-order valence-corrected chi connectivity index (χ2v) is 6.59. The zero-order valence-electron chi connectivity index (χ0n) is 14.4. The highest BCUT2D eigenvalue weighted by atomic mass is 16.7. The standard InChI is InChI=1S/C15H22N2O11/c18-3-5-8(20)10(22)12(24)14(28-5)26-4-6-9(21)11(23)13(27-6)17-2-1-7(19)16-15(17)25/h1-2,5-6,8-14,18,20-24H,3-4H2,(H,16,19,25)/t5-,6-,8+,9-,10+,11-,12-,13-,14-/m1/s1. The Morgan fingerprint density at radius 2 is 1.64 bits per heavy atom. The van der Waals surface area contributed by atoms with Crippen molar-refractivity contribution in [1.29, 1.82) is 0 Å². The van der Waals surface area contributed by atoms with Crippen LogP contribution < -0.4 is 11.2 Å².